The standard InChI is InChI=1S/C12H17BrN2O3S/c1-2-10-7-18-4-3-15(10)12-6-9(8-19(16)17)5-11(13)14-12/h5-6,10H,2-4,7-8H2,1H3,(H,16,17)/p-1/t10-/m0/s1. The fraction of sp³-hybridized carbons (Fsp3) is 0.583. The summed E-state index contributed by atoms with van der Waals surface area (Å²) in [4.78, 5) is 6.64. The minimum atomic E-state index is -2.09. The Labute approximate surface area is 123 Å². The van der Waals surface area contributed by atoms with E-state index in [9.17, 15) is 8.76 Å². The average Bonchev–Trinajstić information content (AvgIpc) is 2.37. The maximum absolute atomic E-state index is 10.8. The van der Waals surface area contributed by atoms with Crippen LogP contribution in [0.1, 0.15) is 18.9 Å². The summed E-state index contributed by atoms with van der Waals surface area (Å²) in [5.41, 5.74) is 0.742. The first kappa shape index (κ1) is 14.9. The van der Waals surface area contributed by atoms with Gasteiger partial charge in [0, 0.05) is 12.3 Å². The molecule has 106 valence electrons. The summed E-state index contributed by atoms with van der Waals surface area (Å²) in [5.74, 6) is 0.819. The van der Waals surface area contributed by atoms with Gasteiger partial charge in [0.05, 0.1) is 19.3 Å². The summed E-state index contributed by atoms with van der Waals surface area (Å²) in [6.45, 7) is 4.25. The number of anilines is 1. The number of hydrogen-bond donors (Lipinski definition) is 0. The van der Waals surface area contributed by atoms with Crippen molar-refractivity contribution in [3.63, 3.8) is 0 Å². The molecule has 0 radical (unpaired) electrons. The SMILES string of the molecule is CC[C@H]1COCCN1c1cc(CS(=O)[O-])cc(Br)n1. The van der Waals surface area contributed by atoms with Crippen molar-refractivity contribution in [2.24, 2.45) is 0 Å². The van der Waals surface area contributed by atoms with Gasteiger partial charge >= 0.3 is 0 Å². The highest BCUT2D eigenvalue weighted by molar-refractivity contribution is 9.10. The molecular weight excluding hydrogens is 332 g/mol. The van der Waals surface area contributed by atoms with E-state index in [4.69, 9.17) is 4.74 Å². The molecule has 1 fully saturated rings. The predicted molar refractivity (Wildman–Crippen MR) is 76.8 cm³/mol. The number of hydrogen-bond acceptors (Lipinski definition) is 5. The number of rotatable bonds is 4. The van der Waals surface area contributed by atoms with Gasteiger partial charge in [-0.15, -0.1) is 0 Å². The molecule has 2 atom stereocenters. The largest absolute Gasteiger partial charge is 0.772 e. The van der Waals surface area contributed by atoms with E-state index >= 15 is 0 Å². The molecule has 7 heteroatoms. The van der Waals surface area contributed by atoms with Crippen molar-refractivity contribution in [3.8, 4) is 0 Å². The number of pyridine rings is 1. The van der Waals surface area contributed by atoms with E-state index in [2.05, 4.69) is 32.7 Å². The Kier molecular flexibility index (Phi) is 5.32. The molecule has 0 aromatic carbocycles. The quantitative estimate of drug-likeness (QED) is 0.614. The van der Waals surface area contributed by atoms with Gasteiger partial charge in [-0.05, 0) is 40.0 Å². The van der Waals surface area contributed by atoms with Crippen molar-refractivity contribution in [3.05, 3.63) is 22.3 Å². The molecule has 19 heavy (non-hydrogen) atoms. The van der Waals surface area contributed by atoms with Crippen LogP contribution in [0.2, 0.25) is 0 Å². The molecule has 1 saturated heterocycles. The lowest BCUT2D eigenvalue weighted by atomic mass is 10.1. The summed E-state index contributed by atoms with van der Waals surface area (Å²) in [6.07, 6.45) is 0.969. The molecular formula is C12H16BrN2O3S-. The van der Waals surface area contributed by atoms with Crippen LogP contribution in [0.15, 0.2) is 16.7 Å². The van der Waals surface area contributed by atoms with Crippen LogP contribution in [0.4, 0.5) is 5.82 Å². The molecule has 0 bridgehead atoms. The molecule has 1 aromatic heterocycles. The fourth-order valence-corrected chi connectivity index (χ4v) is 3.11. The van der Waals surface area contributed by atoms with Crippen molar-refractivity contribution in [1.29, 1.82) is 0 Å². The fourth-order valence-electron chi connectivity index (χ4n) is 2.20. The maximum atomic E-state index is 10.8. The van der Waals surface area contributed by atoms with Gasteiger partial charge in [-0.1, -0.05) is 18.0 Å². The lowest BCUT2D eigenvalue weighted by Gasteiger charge is -2.36. The summed E-state index contributed by atoms with van der Waals surface area (Å²) in [5, 5.41) is 0. The van der Waals surface area contributed by atoms with Gasteiger partial charge in [0.25, 0.3) is 0 Å². The molecule has 0 aliphatic carbocycles. The van der Waals surface area contributed by atoms with E-state index in [1.54, 1.807) is 6.07 Å². The number of halogens is 1. The van der Waals surface area contributed by atoms with E-state index < -0.39 is 11.1 Å². The number of nitrogens with zero attached hydrogens (tertiary/aromatic N) is 2. The normalized spacial score (nSPS) is 21.4. The van der Waals surface area contributed by atoms with Crippen molar-refractivity contribution in [2.75, 3.05) is 24.7 Å². The van der Waals surface area contributed by atoms with Crippen LogP contribution in [-0.4, -0.2) is 39.5 Å². The summed E-state index contributed by atoms with van der Waals surface area (Å²) in [7, 11) is 0. The molecule has 0 amide bonds. The topological polar surface area (TPSA) is 65.5 Å². The third-order valence-corrected chi connectivity index (χ3v) is 4.09. The van der Waals surface area contributed by atoms with Gasteiger partial charge in [-0.25, -0.2) is 4.98 Å². The zero-order valence-corrected chi connectivity index (χ0v) is 13.1. The second-order valence-electron chi connectivity index (χ2n) is 4.43. The maximum Gasteiger partial charge on any atom is 0.130 e. The third kappa shape index (κ3) is 3.98. The van der Waals surface area contributed by atoms with Crippen molar-refractivity contribution in [2.45, 2.75) is 25.1 Å². The molecule has 2 heterocycles. The lowest BCUT2D eigenvalue weighted by molar-refractivity contribution is 0.0925. The van der Waals surface area contributed by atoms with Crippen LogP contribution in [0, 0.1) is 0 Å². The Bertz CT molecular complexity index is 472. The minimum Gasteiger partial charge on any atom is -0.772 e. The monoisotopic (exact) mass is 347 g/mol. The third-order valence-electron chi connectivity index (χ3n) is 3.12. The first-order chi connectivity index (χ1) is 9.10. The Hall–Kier alpha value is -0.500. The van der Waals surface area contributed by atoms with E-state index in [0.717, 1.165) is 24.3 Å². The van der Waals surface area contributed by atoms with Gasteiger partial charge in [0.15, 0.2) is 0 Å². The second-order valence-corrected chi connectivity index (χ2v) is 6.14. The van der Waals surface area contributed by atoms with Crippen LogP contribution >= 0.6 is 15.9 Å². The second kappa shape index (κ2) is 6.78. The Morgan fingerprint density at radius 1 is 1.63 bits per heavy atom. The Morgan fingerprint density at radius 3 is 3.11 bits per heavy atom. The molecule has 0 saturated carbocycles. The molecule has 0 spiro atoms. The smallest absolute Gasteiger partial charge is 0.130 e. The van der Waals surface area contributed by atoms with Crippen LogP contribution in [0.3, 0.4) is 0 Å². The molecule has 0 N–H and O–H groups in total. The molecule has 1 aliphatic rings. The zero-order chi connectivity index (χ0) is 13.8. The summed E-state index contributed by atoms with van der Waals surface area (Å²) < 4.78 is 27.8. The molecule has 2 rings (SSSR count). The highest BCUT2D eigenvalue weighted by atomic mass is 79.9. The van der Waals surface area contributed by atoms with Gasteiger partial charge < -0.3 is 14.2 Å². The summed E-state index contributed by atoms with van der Waals surface area (Å²) in [6, 6.07) is 3.87. The predicted octanol–water partition coefficient (Wildman–Crippen LogP) is 1.84. The Morgan fingerprint density at radius 2 is 2.42 bits per heavy atom. The molecule has 1 aromatic rings. The Balaban J connectivity index is 2.27. The highest BCUT2D eigenvalue weighted by Crippen LogP contribution is 2.23. The van der Waals surface area contributed by atoms with Crippen molar-refractivity contribution < 1.29 is 13.5 Å². The van der Waals surface area contributed by atoms with E-state index in [0.29, 0.717) is 23.9 Å². The van der Waals surface area contributed by atoms with Gasteiger partial charge in [0.2, 0.25) is 0 Å². The van der Waals surface area contributed by atoms with Crippen LogP contribution < -0.4 is 4.90 Å². The van der Waals surface area contributed by atoms with Crippen molar-refractivity contribution in [1.82, 2.24) is 4.98 Å². The van der Waals surface area contributed by atoms with Crippen molar-refractivity contribution >= 4 is 32.8 Å². The highest BCUT2D eigenvalue weighted by Gasteiger charge is 2.23. The molecule has 1 unspecified atom stereocenters. The molecule has 5 nitrogen and oxygen atoms in total. The number of aromatic nitrogens is 1. The van der Waals surface area contributed by atoms with E-state index in [-0.39, 0.29) is 5.75 Å². The minimum absolute atomic E-state index is 0.00918. The number of ether oxygens (including phenoxy) is 1. The van der Waals surface area contributed by atoms with Gasteiger partial charge in [0.1, 0.15) is 10.4 Å². The van der Waals surface area contributed by atoms with Crippen LogP contribution in [0.5, 0.6) is 0 Å². The first-order valence-electron chi connectivity index (χ1n) is 6.17. The first-order valence-corrected chi connectivity index (χ1v) is 8.20. The van der Waals surface area contributed by atoms with E-state index in [1.807, 2.05) is 6.07 Å². The van der Waals surface area contributed by atoms with Crippen LogP contribution in [-0.2, 0) is 21.6 Å². The molecule has 1 aliphatic heterocycles. The van der Waals surface area contributed by atoms with Gasteiger partial charge in [-0.2, -0.15) is 0 Å². The van der Waals surface area contributed by atoms with Gasteiger partial charge in [-0.3, -0.25) is 4.21 Å². The average molecular weight is 348 g/mol. The zero-order valence-electron chi connectivity index (χ0n) is 10.7. The summed E-state index contributed by atoms with van der Waals surface area (Å²) >= 11 is 1.25. The lowest BCUT2D eigenvalue weighted by Crippen LogP contribution is -2.45. The van der Waals surface area contributed by atoms with Crippen LogP contribution in [0.25, 0.3) is 0 Å². The number of morpholine rings is 1. The van der Waals surface area contributed by atoms with E-state index in [1.165, 1.54) is 0 Å².